The molecule has 0 bridgehead atoms. The fourth-order valence-electron chi connectivity index (χ4n) is 4.50. The van der Waals surface area contributed by atoms with Crippen LogP contribution in [-0.4, -0.2) is 41.0 Å². The number of para-hydroxylation sites is 1. The number of nitrogens with one attached hydrogen (secondary N) is 1. The Hall–Kier alpha value is -5.18. The summed E-state index contributed by atoms with van der Waals surface area (Å²) in [6, 6.07) is 30.2. The molecule has 5 rings (SSSR count). The molecule has 1 atom stereocenters. The van der Waals surface area contributed by atoms with Gasteiger partial charge in [-0.25, -0.2) is 4.68 Å². The van der Waals surface area contributed by atoms with Crippen LogP contribution < -0.4 is 19.7 Å². The molecular formula is C31H29N5O4. The van der Waals surface area contributed by atoms with Gasteiger partial charge in [0.05, 0.1) is 19.7 Å². The van der Waals surface area contributed by atoms with E-state index in [2.05, 4.69) is 15.6 Å². The molecule has 0 aliphatic rings. The number of fused-ring (bicyclic) bond motifs is 1. The number of rotatable bonds is 10. The minimum absolute atomic E-state index is 0.120. The Morgan fingerprint density at radius 2 is 1.45 bits per heavy atom. The van der Waals surface area contributed by atoms with Crippen molar-refractivity contribution < 1.29 is 19.1 Å². The third-order valence-electron chi connectivity index (χ3n) is 6.57. The van der Waals surface area contributed by atoms with Crippen molar-refractivity contribution in [2.75, 3.05) is 19.1 Å². The maximum Gasteiger partial charge on any atom is 0.249 e. The summed E-state index contributed by atoms with van der Waals surface area (Å²) in [5.41, 5.74) is 3.50. The van der Waals surface area contributed by atoms with Crippen LogP contribution in [0.1, 0.15) is 17.2 Å². The van der Waals surface area contributed by atoms with E-state index in [1.165, 1.54) is 4.90 Å². The van der Waals surface area contributed by atoms with Gasteiger partial charge in [-0.05, 0) is 59.7 Å². The number of anilines is 1. The van der Waals surface area contributed by atoms with Gasteiger partial charge >= 0.3 is 0 Å². The summed E-state index contributed by atoms with van der Waals surface area (Å²) in [5, 5.41) is 11.4. The molecule has 0 saturated heterocycles. The molecule has 1 heterocycles. The predicted octanol–water partition coefficient (Wildman–Crippen LogP) is 4.54. The Kier molecular flexibility index (Phi) is 8.01. The molecule has 5 aromatic rings. The lowest BCUT2D eigenvalue weighted by Crippen LogP contribution is -2.45. The number of hydrogen-bond acceptors (Lipinski definition) is 6. The predicted molar refractivity (Wildman–Crippen MR) is 152 cm³/mol. The molecule has 1 aromatic heterocycles. The molecule has 0 radical (unpaired) electrons. The largest absolute Gasteiger partial charge is 0.497 e. The molecule has 9 heteroatoms. The molecule has 2 amide bonds. The summed E-state index contributed by atoms with van der Waals surface area (Å²) in [6.45, 7) is 0.190. The molecule has 202 valence electrons. The van der Waals surface area contributed by atoms with Crippen molar-refractivity contribution in [3.05, 3.63) is 114 Å². The van der Waals surface area contributed by atoms with Gasteiger partial charge in [-0.3, -0.25) is 14.5 Å². The van der Waals surface area contributed by atoms with Gasteiger partial charge in [-0.15, -0.1) is 5.10 Å². The molecule has 0 unspecified atom stereocenters. The van der Waals surface area contributed by atoms with Gasteiger partial charge in [0.15, 0.2) is 0 Å². The van der Waals surface area contributed by atoms with Gasteiger partial charge in [0.1, 0.15) is 29.6 Å². The standard InChI is InChI=1S/C31H29N5O4/c1-39-25-16-12-23(13-17-25)30(31(38)32-20-22-8-4-3-5-9-22)36(24-14-18-26(40-2)19-15-24)29(37)21-35-28-11-7-6-10-27(28)33-34-35/h3-19,30H,20-21H2,1-2H3,(H,32,38)/t30-/m0/s1. The van der Waals surface area contributed by atoms with Crippen LogP contribution in [0.4, 0.5) is 5.69 Å². The van der Waals surface area contributed by atoms with Gasteiger partial charge in [-0.2, -0.15) is 0 Å². The molecular weight excluding hydrogens is 506 g/mol. The van der Waals surface area contributed by atoms with E-state index in [9.17, 15) is 9.59 Å². The van der Waals surface area contributed by atoms with Crippen LogP contribution in [0.2, 0.25) is 0 Å². The topological polar surface area (TPSA) is 98.6 Å². The maximum atomic E-state index is 14.1. The first-order valence-electron chi connectivity index (χ1n) is 12.8. The quantitative estimate of drug-likeness (QED) is 0.282. The van der Waals surface area contributed by atoms with E-state index in [0.717, 1.165) is 11.1 Å². The number of carbonyl (C=O) groups is 2. The van der Waals surface area contributed by atoms with Crippen LogP contribution in [0.25, 0.3) is 11.0 Å². The molecule has 4 aromatic carbocycles. The van der Waals surface area contributed by atoms with Gasteiger partial charge in [0.25, 0.3) is 0 Å². The summed E-state index contributed by atoms with van der Waals surface area (Å²) in [4.78, 5) is 29.6. The maximum absolute atomic E-state index is 14.1. The van der Waals surface area contributed by atoms with Crippen molar-refractivity contribution in [1.82, 2.24) is 20.3 Å². The first-order valence-corrected chi connectivity index (χ1v) is 12.8. The summed E-state index contributed by atoms with van der Waals surface area (Å²) < 4.78 is 12.2. The summed E-state index contributed by atoms with van der Waals surface area (Å²) in [6.07, 6.45) is 0. The smallest absolute Gasteiger partial charge is 0.249 e. The molecule has 0 aliphatic heterocycles. The summed E-state index contributed by atoms with van der Waals surface area (Å²) in [5.74, 6) is 0.606. The zero-order chi connectivity index (χ0) is 27.9. The lowest BCUT2D eigenvalue weighted by Gasteiger charge is -2.32. The molecule has 40 heavy (non-hydrogen) atoms. The van der Waals surface area contributed by atoms with Gasteiger partial charge < -0.3 is 14.8 Å². The van der Waals surface area contributed by atoms with Crippen molar-refractivity contribution in [3.8, 4) is 11.5 Å². The van der Waals surface area contributed by atoms with Crippen molar-refractivity contribution in [2.45, 2.75) is 19.1 Å². The van der Waals surface area contributed by atoms with Crippen LogP contribution in [0, 0.1) is 0 Å². The molecule has 0 spiro atoms. The number of ether oxygens (including phenoxy) is 2. The Labute approximate surface area is 231 Å². The monoisotopic (exact) mass is 535 g/mol. The van der Waals surface area contributed by atoms with E-state index < -0.39 is 6.04 Å². The molecule has 0 fully saturated rings. The van der Waals surface area contributed by atoms with Crippen molar-refractivity contribution in [2.24, 2.45) is 0 Å². The molecule has 0 aliphatic carbocycles. The Morgan fingerprint density at radius 1 is 0.825 bits per heavy atom. The first kappa shape index (κ1) is 26.4. The minimum atomic E-state index is -0.981. The lowest BCUT2D eigenvalue weighted by atomic mass is 10.0. The zero-order valence-corrected chi connectivity index (χ0v) is 22.2. The zero-order valence-electron chi connectivity index (χ0n) is 22.2. The van der Waals surface area contributed by atoms with E-state index in [1.54, 1.807) is 67.4 Å². The number of aromatic nitrogens is 3. The molecule has 1 N–H and O–H groups in total. The van der Waals surface area contributed by atoms with Crippen LogP contribution in [0.3, 0.4) is 0 Å². The SMILES string of the molecule is COc1ccc([C@@H](C(=O)NCc2ccccc2)N(C(=O)Cn2nnc3ccccc32)c2ccc(OC)cc2)cc1. The second-order valence-electron chi connectivity index (χ2n) is 9.08. The van der Waals surface area contributed by atoms with Crippen LogP contribution in [0.15, 0.2) is 103 Å². The molecule has 9 nitrogen and oxygen atoms in total. The average Bonchev–Trinajstić information content (AvgIpc) is 3.41. The van der Waals surface area contributed by atoms with Crippen molar-refractivity contribution in [1.29, 1.82) is 0 Å². The highest BCUT2D eigenvalue weighted by Gasteiger charge is 2.33. The average molecular weight is 536 g/mol. The summed E-state index contributed by atoms with van der Waals surface area (Å²) in [7, 11) is 3.15. The minimum Gasteiger partial charge on any atom is -0.497 e. The Morgan fingerprint density at radius 3 is 2.12 bits per heavy atom. The number of nitrogens with zero attached hydrogens (tertiary/aromatic N) is 4. The third-order valence-corrected chi connectivity index (χ3v) is 6.57. The second kappa shape index (κ2) is 12.1. The van der Waals surface area contributed by atoms with Gasteiger partial charge in [0, 0.05) is 12.2 Å². The Balaban J connectivity index is 1.55. The van der Waals surface area contributed by atoms with Crippen LogP contribution >= 0.6 is 0 Å². The fourth-order valence-corrected chi connectivity index (χ4v) is 4.50. The molecule has 0 saturated carbocycles. The van der Waals surface area contributed by atoms with Crippen LogP contribution in [0.5, 0.6) is 11.5 Å². The fraction of sp³-hybridized carbons (Fsp3) is 0.161. The van der Waals surface area contributed by atoms with Crippen LogP contribution in [-0.2, 0) is 22.7 Å². The number of benzene rings is 4. The number of amides is 2. The van der Waals surface area contributed by atoms with E-state index >= 15 is 0 Å². The number of methoxy groups -OCH3 is 2. The lowest BCUT2D eigenvalue weighted by molar-refractivity contribution is -0.127. The third kappa shape index (κ3) is 5.78. The van der Waals surface area contributed by atoms with E-state index in [-0.39, 0.29) is 18.4 Å². The highest BCUT2D eigenvalue weighted by molar-refractivity contribution is 6.01. The second-order valence-corrected chi connectivity index (χ2v) is 9.08. The number of carbonyl (C=O) groups excluding carboxylic acids is 2. The van der Waals surface area contributed by atoms with E-state index in [1.807, 2.05) is 54.6 Å². The summed E-state index contributed by atoms with van der Waals surface area (Å²) >= 11 is 0. The van der Waals surface area contributed by atoms with Gasteiger partial charge in [0.2, 0.25) is 11.8 Å². The van der Waals surface area contributed by atoms with E-state index in [0.29, 0.717) is 34.8 Å². The highest BCUT2D eigenvalue weighted by atomic mass is 16.5. The van der Waals surface area contributed by atoms with Gasteiger partial charge in [-0.1, -0.05) is 59.8 Å². The Bertz CT molecular complexity index is 1580. The number of hydrogen-bond donors (Lipinski definition) is 1. The van der Waals surface area contributed by atoms with Crippen molar-refractivity contribution >= 4 is 28.5 Å². The van der Waals surface area contributed by atoms with Crippen molar-refractivity contribution in [3.63, 3.8) is 0 Å². The highest BCUT2D eigenvalue weighted by Crippen LogP contribution is 2.31. The normalized spacial score (nSPS) is 11.6. The first-order chi connectivity index (χ1) is 19.6. The van der Waals surface area contributed by atoms with E-state index in [4.69, 9.17) is 9.47 Å².